The number of carbonyl (C=O) groups is 1. The van der Waals surface area contributed by atoms with Gasteiger partial charge in [-0.3, -0.25) is 4.79 Å². The van der Waals surface area contributed by atoms with Crippen molar-refractivity contribution in [3.05, 3.63) is 59.4 Å². The number of anilines is 1. The average Bonchev–Trinajstić information content (AvgIpc) is 2.48. The largest absolute Gasteiger partial charge is 0.497 e. The van der Waals surface area contributed by atoms with Crippen LogP contribution in [0, 0.1) is 5.82 Å². The van der Waals surface area contributed by atoms with Gasteiger partial charge in [-0.1, -0.05) is 12.1 Å². The van der Waals surface area contributed by atoms with E-state index >= 15 is 0 Å². The zero-order valence-electron chi connectivity index (χ0n) is 12.0. The minimum absolute atomic E-state index is 0.0220. The zero-order chi connectivity index (χ0) is 15.4. The van der Waals surface area contributed by atoms with Crippen molar-refractivity contribution in [3.8, 4) is 5.75 Å². The third-order valence-corrected chi connectivity index (χ3v) is 3.15. The van der Waals surface area contributed by atoms with Crippen LogP contribution in [0.25, 0.3) is 0 Å². The van der Waals surface area contributed by atoms with Gasteiger partial charge in [-0.25, -0.2) is 4.39 Å². The van der Waals surface area contributed by atoms with E-state index in [0.717, 1.165) is 5.56 Å². The van der Waals surface area contributed by atoms with E-state index in [-0.39, 0.29) is 11.5 Å². The van der Waals surface area contributed by atoms with Gasteiger partial charge in [-0.2, -0.15) is 0 Å². The lowest BCUT2D eigenvalue weighted by Gasteiger charge is -2.18. The van der Waals surface area contributed by atoms with Crippen molar-refractivity contribution in [2.45, 2.75) is 6.54 Å². The first-order valence-corrected chi connectivity index (χ1v) is 6.44. The van der Waals surface area contributed by atoms with Gasteiger partial charge in [-0.15, -0.1) is 0 Å². The molecule has 0 unspecified atom stereocenters. The highest BCUT2D eigenvalue weighted by Gasteiger charge is 2.17. The Morgan fingerprint density at radius 2 is 1.90 bits per heavy atom. The van der Waals surface area contributed by atoms with Crippen LogP contribution in [0.3, 0.4) is 0 Å². The number of carbonyl (C=O) groups excluding carboxylic acids is 1. The Morgan fingerprint density at radius 1 is 1.24 bits per heavy atom. The maximum absolute atomic E-state index is 13.9. The number of hydrogen-bond donors (Lipinski definition) is 1. The molecule has 4 nitrogen and oxygen atoms in total. The third-order valence-electron chi connectivity index (χ3n) is 3.15. The number of halogens is 1. The Labute approximate surface area is 122 Å². The number of benzene rings is 2. The lowest BCUT2D eigenvalue weighted by atomic mass is 10.1. The summed E-state index contributed by atoms with van der Waals surface area (Å²) in [6.07, 6.45) is 0. The summed E-state index contributed by atoms with van der Waals surface area (Å²) in [4.78, 5) is 13.7. The van der Waals surface area contributed by atoms with Crippen LogP contribution >= 0.6 is 0 Å². The van der Waals surface area contributed by atoms with Crippen molar-refractivity contribution in [3.63, 3.8) is 0 Å². The fourth-order valence-corrected chi connectivity index (χ4v) is 1.97. The van der Waals surface area contributed by atoms with E-state index in [4.69, 9.17) is 10.5 Å². The molecular weight excluding hydrogens is 271 g/mol. The molecule has 0 aliphatic heterocycles. The molecule has 21 heavy (non-hydrogen) atoms. The standard InChI is InChI=1S/C16H17FN2O2/c1-19(10-11-3-5-12(18)6-4-11)16(20)14-8-7-13(21-2)9-15(14)17/h3-9H,10,18H2,1-2H3. The summed E-state index contributed by atoms with van der Waals surface area (Å²) in [6.45, 7) is 0.380. The number of ether oxygens (including phenoxy) is 1. The number of hydrogen-bond acceptors (Lipinski definition) is 3. The molecule has 0 aliphatic rings. The second-order valence-corrected chi connectivity index (χ2v) is 4.75. The lowest BCUT2D eigenvalue weighted by Crippen LogP contribution is -2.27. The number of rotatable bonds is 4. The normalized spacial score (nSPS) is 10.2. The van der Waals surface area contributed by atoms with Gasteiger partial charge in [0.1, 0.15) is 11.6 Å². The Hall–Kier alpha value is -2.56. The molecule has 2 N–H and O–H groups in total. The molecule has 2 aromatic rings. The summed E-state index contributed by atoms with van der Waals surface area (Å²) in [5.74, 6) is -0.597. The van der Waals surface area contributed by atoms with E-state index < -0.39 is 5.82 Å². The SMILES string of the molecule is COc1ccc(C(=O)N(C)Cc2ccc(N)cc2)c(F)c1. The van der Waals surface area contributed by atoms with Gasteiger partial charge in [0.15, 0.2) is 0 Å². The molecule has 0 aliphatic carbocycles. The Balaban J connectivity index is 2.13. The van der Waals surface area contributed by atoms with Crippen LogP contribution in [0.15, 0.2) is 42.5 Å². The Kier molecular flexibility index (Phi) is 4.42. The first-order chi connectivity index (χ1) is 10.0. The van der Waals surface area contributed by atoms with Gasteiger partial charge in [-0.05, 0) is 29.8 Å². The van der Waals surface area contributed by atoms with Crippen molar-refractivity contribution in [2.24, 2.45) is 0 Å². The van der Waals surface area contributed by atoms with Crippen molar-refractivity contribution in [1.29, 1.82) is 0 Å². The van der Waals surface area contributed by atoms with Crippen molar-refractivity contribution >= 4 is 11.6 Å². The molecular formula is C16H17FN2O2. The van der Waals surface area contributed by atoms with Gasteiger partial charge in [0.2, 0.25) is 0 Å². The average molecular weight is 288 g/mol. The summed E-state index contributed by atoms with van der Waals surface area (Å²) in [5, 5.41) is 0. The predicted molar refractivity (Wildman–Crippen MR) is 79.6 cm³/mol. The predicted octanol–water partition coefficient (Wildman–Crippen LogP) is 2.69. The summed E-state index contributed by atoms with van der Waals surface area (Å²) in [7, 11) is 3.08. The number of amides is 1. The first-order valence-electron chi connectivity index (χ1n) is 6.44. The quantitative estimate of drug-likeness (QED) is 0.880. The Bertz CT molecular complexity index is 641. The van der Waals surface area contributed by atoms with Gasteiger partial charge in [0.05, 0.1) is 12.7 Å². The van der Waals surface area contributed by atoms with Crippen molar-refractivity contribution in [2.75, 3.05) is 19.9 Å². The molecule has 0 fully saturated rings. The molecule has 0 saturated carbocycles. The second kappa shape index (κ2) is 6.26. The number of nitrogens with zero attached hydrogens (tertiary/aromatic N) is 1. The highest BCUT2D eigenvalue weighted by Crippen LogP contribution is 2.18. The van der Waals surface area contributed by atoms with E-state index in [1.807, 2.05) is 12.1 Å². The molecule has 1 amide bonds. The smallest absolute Gasteiger partial charge is 0.256 e. The minimum atomic E-state index is -0.594. The van der Waals surface area contributed by atoms with Crippen LogP contribution in [0.2, 0.25) is 0 Å². The molecule has 0 spiro atoms. The fraction of sp³-hybridized carbons (Fsp3) is 0.188. The van der Waals surface area contributed by atoms with E-state index in [1.54, 1.807) is 25.2 Å². The van der Waals surface area contributed by atoms with Crippen molar-refractivity contribution < 1.29 is 13.9 Å². The van der Waals surface area contributed by atoms with Crippen LogP contribution in [-0.2, 0) is 6.54 Å². The number of nitrogen functional groups attached to an aromatic ring is 1. The summed E-state index contributed by atoms with van der Waals surface area (Å²) in [5.41, 5.74) is 7.22. The van der Waals surface area contributed by atoms with E-state index in [1.165, 1.54) is 24.1 Å². The minimum Gasteiger partial charge on any atom is -0.497 e. The second-order valence-electron chi connectivity index (χ2n) is 4.75. The highest BCUT2D eigenvalue weighted by molar-refractivity contribution is 5.94. The molecule has 110 valence electrons. The van der Waals surface area contributed by atoms with Gasteiger partial charge in [0, 0.05) is 25.3 Å². The Morgan fingerprint density at radius 3 is 2.48 bits per heavy atom. The van der Waals surface area contributed by atoms with Crippen molar-refractivity contribution in [1.82, 2.24) is 4.90 Å². The van der Waals surface area contributed by atoms with Crippen LogP contribution in [-0.4, -0.2) is 25.0 Å². The van der Waals surface area contributed by atoms with Gasteiger partial charge < -0.3 is 15.4 Å². The molecule has 0 bridgehead atoms. The highest BCUT2D eigenvalue weighted by atomic mass is 19.1. The number of methoxy groups -OCH3 is 1. The number of nitrogens with two attached hydrogens (primary N) is 1. The lowest BCUT2D eigenvalue weighted by molar-refractivity contribution is 0.0780. The molecule has 0 radical (unpaired) electrons. The molecule has 0 atom stereocenters. The topological polar surface area (TPSA) is 55.6 Å². The summed E-state index contributed by atoms with van der Waals surface area (Å²) < 4.78 is 18.8. The maximum atomic E-state index is 13.9. The maximum Gasteiger partial charge on any atom is 0.256 e. The summed E-state index contributed by atoms with van der Waals surface area (Å²) >= 11 is 0. The summed E-state index contributed by atoms with van der Waals surface area (Å²) in [6, 6.07) is 11.4. The molecule has 0 aromatic heterocycles. The monoisotopic (exact) mass is 288 g/mol. The van der Waals surface area contributed by atoms with E-state index in [9.17, 15) is 9.18 Å². The van der Waals surface area contributed by atoms with Crippen LogP contribution in [0.1, 0.15) is 15.9 Å². The van der Waals surface area contributed by atoms with E-state index in [2.05, 4.69) is 0 Å². The van der Waals surface area contributed by atoms with E-state index in [0.29, 0.717) is 18.0 Å². The molecule has 0 heterocycles. The van der Waals surface area contributed by atoms with Crippen LogP contribution in [0.4, 0.5) is 10.1 Å². The zero-order valence-corrected chi connectivity index (χ0v) is 12.0. The van der Waals surface area contributed by atoms with Crippen LogP contribution < -0.4 is 10.5 Å². The fourth-order valence-electron chi connectivity index (χ4n) is 1.97. The third kappa shape index (κ3) is 3.51. The molecule has 2 aromatic carbocycles. The first kappa shape index (κ1) is 14.8. The molecule has 5 heteroatoms. The van der Waals surface area contributed by atoms with Gasteiger partial charge in [0.25, 0.3) is 5.91 Å². The van der Waals surface area contributed by atoms with Crippen LogP contribution in [0.5, 0.6) is 5.75 Å². The molecule has 2 rings (SSSR count). The van der Waals surface area contributed by atoms with Gasteiger partial charge >= 0.3 is 0 Å². The molecule has 0 saturated heterocycles.